The van der Waals surface area contributed by atoms with Crippen molar-refractivity contribution >= 4 is 16.3 Å². The summed E-state index contributed by atoms with van der Waals surface area (Å²) in [5, 5.41) is 0. The molecule has 2 atom stereocenters. The molecule has 1 aliphatic carbocycles. The number of fused-ring (bicyclic) bond motifs is 1. The topological polar surface area (TPSA) is 54.5 Å². The zero-order valence-corrected chi connectivity index (χ0v) is 13.3. The van der Waals surface area contributed by atoms with Crippen molar-refractivity contribution in [3.05, 3.63) is 29.8 Å². The Balaban J connectivity index is 1.90. The summed E-state index contributed by atoms with van der Waals surface area (Å²) in [7, 11) is -3.46. The standard InChI is InChI=1S/C16H21NO3S/c1-13-4-6-14(7-5-13)21(19,20)17-9-3-8-16(12-18)10-15(16,2)11-17/h4-7,12H,3,8-11H2,1-2H3/t15-,16-/m1/s1. The summed E-state index contributed by atoms with van der Waals surface area (Å²) in [6.07, 6.45) is 3.41. The molecule has 4 nitrogen and oxygen atoms in total. The average molecular weight is 307 g/mol. The lowest BCUT2D eigenvalue weighted by molar-refractivity contribution is -0.113. The number of carbonyl (C=O) groups is 1. The summed E-state index contributed by atoms with van der Waals surface area (Å²) in [6.45, 7) is 4.92. The van der Waals surface area contributed by atoms with E-state index in [9.17, 15) is 13.2 Å². The van der Waals surface area contributed by atoms with E-state index in [1.165, 1.54) is 0 Å². The van der Waals surface area contributed by atoms with Crippen LogP contribution in [0.4, 0.5) is 0 Å². The molecule has 0 amide bonds. The van der Waals surface area contributed by atoms with Crippen LogP contribution < -0.4 is 0 Å². The Kier molecular flexibility index (Phi) is 3.26. The number of hydrogen-bond acceptors (Lipinski definition) is 3. The Bertz CT molecular complexity index is 667. The lowest BCUT2D eigenvalue weighted by Gasteiger charge is -2.24. The third kappa shape index (κ3) is 2.23. The summed E-state index contributed by atoms with van der Waals surface area (Å²) >= 11 is 0. The van der Waals surface area contributed by atoms with Crippen molar-refractivity contribution in [3.63, 3.8) is 0 Å². The number of hydrogen-bond donors (Lipinski definition) is 0. The normalized spacial score (nSPS) is 33.0. The van der Waals surface area contributed by atoms with Gasteiger partial charge in [-0.1, -0.05) is 24.6 Å². The molecule has 0 bridgehead atoms. The van der Waals surface area contributed by atoms with Gasteiger partial charge in [-0.3, -0.25) is 0 Å². The van der Waals surface area contributed by atoms with Crippen LogP contribution in [0.15, 0.2) is 29.2 Å². The predicted octanol–water partition coefficient (Wildman–Crippen LogP) is 2.37. The highest BCUT2D eigenvalue weighted by atomic mass is 32.2. The van der Waals surface area contributed by atoms with Crippen LogP contribution >= 0.6 is 0 Å². The molecule has 0 aromatic heterocycles. The van der Waals surface area contributed by atoms with Gasteiger partial charge >= 0.3 is 0 Å². The minimum atomic E-state index is -3.46. The van der Waals surface area contributed by atoms with Crippen LogP contribution in [0.2, 0.25) is 0 Å². The second-order valence-electron chi connectivity index (χ2n) is 6.77. The molecule has 0 radical (unpaired) electrons. The van der Waals surface area contributed by atoms with Crippen LogP contribution in [0, 0.1) is 17.8 Å². The van der Waals surface area contributed by atoms with Gasteiger partial charge in [0.05, 0.1) is 4.90 Å². The van der Waals surface area contributed by atoms with Gasteiger partial charge in [0, 0.05) is 18.5 Å². The third-order valence-electron chi connectivity index (χ3n) is 5.22. The molecule has 1 aromatic rings. The van der Waals surface area contributed by atoms with E-state index in [-0.39, 0.29) is 10.8 Å². The van der Waals surface area contributed by atoms with Gasteiger partial charge < -0.3 is 4.79 Å². The molecule has 1 saturated carbocycles. The minimum Gasteiger partial charge on any atom is -0.303 e. The third-order valence-corrected chi connectivity index (χ3v) is 7.08. The lowest BCUT2D eigenvalue weighted by Crippen LogP contribution is -2.36. The first-order valence-electron chi connectivity index (χ1n) is 7.36. The molecule has 1 saturated heterocycles. The molecule has 1 aromatic carbocycles. The van der Waals surface area contributed by atoms with Gasteiger partial charge in [-0.2, -0.15) is 4.31 Å². The van der Waals surface area contributed by atoms with Gasteiger partial charge in [0.2, 0.25) is 10.0 Å². The van der Waals surface area contributed by atoms with Gasteiger partial charge in [0.15, 0.2) is 0 Å². The molecule has 0 N–H and O–H groups in total. The lowest BCUT2D eigenvalue weighted by atomic mass is 9.92. The molecule has 3 rings (SSSR count). The molecule has 1 aliphatic heterocycles. The quantitative estimate of drug-likeness (QED) is 0.806. The Morgan fingerprint density at radius 3 is 2.52 bits per heavy atom. The molecule has 21 heavy (non-hydrogen) atoms. The van der Waals surface area contributed by atoms with Crippen LogP contribution in [0.25, 0.3) is 0 Å². The van der Waals surface area contributed by atoms with Crippen LogP contribution in [-0.2, 0) is 14.8 Å². The molecular formula is C16H21NO3S. The Morgan fingerprint density at radius 2 is 1.90 bits per heavy atom. The first-order chi connectivity index (χ1) is 9.83. The maximum atomic E-state index is 12.8. The highest BCUT2D eigenvalue weighted by molar-refractivity contribution is 7.89. The number of aryl methyl sites for hydroxylation is 1. The summed E-state index contributed by atoms with van der Waals surface area (Å²) in [5.41, 5.74) is 0.562. The fraction of sp³-hybridized carbons (Fsp3) is 0.562. The smallest absolute Gasteiger partial charge is 0.243 e. The largest absolute Gasteiger partial charge is 0.303 e. The fourth-order valence-corrected chi connectivity index (χ4v) is 5.20. The Hall–Kier alpha value is -1.20. The first-order valence-corrected chi connectivity index (χ1v) is 8.80. The first kappa shape index (κ1) is 14.7. The van der Waals surface area contributed by atoms with Crippen molar-refractivity contribution < 1.29 is 13.2 Å². The van der Waals surface area contributed by atoms with Crippen LogP contribution in [0.3, 0.4) is 0 Å². The molecule has 5 heteroatoms. The van der Waals surface area contributed by atoms with Gasteiger partial charge in [0.25, 0.3) is 0 Å². The summed E-state index contributed by atoms with van der Waals surface area (Å²) in [6, 6.07) is 6.97. The molecule has 2 fully saturated rings. The van der Waals surface area contributed by atoms with Gasteiger partial charge in [-0.25, -0.2) is 8.42 Å². The highest BCUT2D eigenvalue weighted by Gasteiger charge is 2.65. The van der Waals surface area contributed by atoms with Crippen molar-refractivity contribution in [2.24, 2.45) is 10.8 Å². The highest BCUT2D eigenvalue weighted by Crippen LogP contribution is 2.66. The monoisotopic (exact) mass is 307 g/mol. The van der Waals surface area contributed by atoms with E-state index in [0.29, 0.717) is 18.0 Å². The minimum absolute atomic E-state index is 0.191. The number of sulfonamides is 1. The molecular weight excluding hydrogens is 286 g/mol. The zero-order valence-electron chi connectivity index (χ0n) is 12.5. The molecule has 1 heterocycles. The van der Waals surface area contributed by atoms with Crippen LogP contribution in [0.1, 0.15) is 31.7 Å². The number of nitrogens with zero attached hydrogens (tertiary/aromatic N) is 1. The predicted molar refractivity (Wildman–Crippen MR) is 80.4 cm³/mol. The second-order valence-corrected chi connectivity index (χ2v) is 8.70. The van der Waals surface area contributed by atoms with E-state index >= 15 is 0 Å². The molecule has 2 aliphatic rings. The Morgan fingerprint density at radius 1 is 1.24 bits per heavy atom. The van der Waals surface area contributed by atoms with Gasteiger partial charge in [0.1, 0.15) is 6.29 Å². The number of aldehydes is 1. The van der Waals surface area contributed by atoms with Crippen molar-refractivity contribution in [2.45, 2.75) is 38.0 Å². The van der Waals surface area contributed by atoms with Gasteiger partial charge in [-0.15, -0.1) is 0 Å². The van der Waals surface area contributed by atoms with Gasteiger partial charge in [-0.05, 0) is 43.7 Å². The van der Waals surface area contributed by atoms with E-state index in [1.807, 2.05) is 26.0 Å². The van der Waals surface area contributed by atoms with E-state index in [2.05, 4.69) is 0 Å². The van der Waals surface area contributed by atoms with E-state index in [0.717, 1.165) is 31.1 Å². The number of carbonyl (C=O) groups excluding carboxylic acids is 1. The van der Waals surface area contributed by atoms with Crippen LogP contribution in [-0.4, -0.2) is 32.1 Å². The number of benzene rings is 1. The SMILES string of the molecule is Cc1ccc(S(=O)(=O)N2CCC[C@]3(C=O)C[C@]3(C)C2)cc1. The average Bonchev–Trinajstić information content (AvgIpc) is 3.05. The van der Waals surface area contributed by atoms with Crippen LogP contribution in [0.5, 0.6) is 0 Å². The van der Waals surface area contributed by atoms with Crippen molar-refractivity contribution in [1.29, 1.82) is 0 Å². The maximum absolute atomic E-state index is 12.8. The van der Waals surface area contributed by atoms with E-state index < -0.39 is 10.0 Å². The second kappa shape index (κ2) is 4.65. The number of rotatable bonds is 3. The fourth-order valence-electron chi connectivity index (χ4n) is 3.60. The molecule has 0 unspecified atom stereocenters. The van der Waals surface area contributed by atoms with Crippen molar-refractivity contribution in [1.82, 2.24) is 4.31 Å². The maximum Gasteiger partial charge on any atom is 0.243 e. The molecule has 0 spiro atoms. The Labute approximate surface area is 126 Å². The van der Waals surface area contributed by atoms with Crippen molar-refractivity contribution in [2.75, 3.05) is 13.1 Å². The van der Waals surface area contributed by atoms with E-state index in [4.69, 9.17) is 0 Å². The summed E-state index contributed by atoms with van der Waals surface area (Å²) in [4.78, 5) is 11.7. The summed E-state index contributed by atoms with van der Waals surface area (Å²) < 4.78 is 27.1. The summed E-state index contributed by atoms with van der Waals surface area (Å²) in [5.74, 6) is 0. The van der Waals surface area contributed by atoms with Crippen molar-refractivity contribution in [3.8, 4) is 0 Å². The zero-order chi connectivity index (χ0) is 15.3. The van der Waals surface area contributed by atoms with E-state index in [1.54, 1.807) is 16.4 Å². The molecule has 114 valence electrons.